The Morgan fingerprint density at radius 3 is 2.35 bits per heavy atom. The van der Waals surface area contributed by atoms with Crippen LogP contribution in [0.4, 0.5) is 0 Å². The molecule has 0 saturated heterocycles. The van der Waals surface area contributed by atoms with Crippen molar-refractivity contribution in [2.24, 2.45) is 0 Å². The van der Waals surface area contributed by atoms with Crippen LogP contribution < -0.4 is 4.74 Å². The fraction of sp³-hybridized carbons (Fsp3) is 0.625. The van der Waals surface area contributed by atoms with E-state index in [-0.39, 0.29) is 0 Å². The van der Waals surface area contributed by atoms with Gasteiger partial charge in [0.2, 0.25) is 0 Å². The molecule has 0 bridgehead atoms. The number of benzene rings is 1. The monoisotopic (exact) mass is 300 g/mol. The van der Waals surface area contributed by atoms with Crippen molar-refractivity contribution in [3.63, 3.8) is 0 Å². The summed E-state index contributed by atoms with van der Waals surface area (Å²) in [5.74, 6) is 0.823. The lowest BCUT2D eigenvalue weighted by molar-refractivity contribution is 0.00972. The average Bonchev–Trinajstić information content (AvgIpc) is 2.41. The molecule has 20 heavy (non-hydrogen) atoms. The van der Waals surface area contributed by atoms with E-state index in [1.807, 2.05) is 26.8 Å². The Balaban J connectivity index is 2.87. The van der Waals surface area contributed by atoms with Crippen molar-refractivity contribution in [2.45, 2.75) is 58.7 Å². The highest BCUT2D eigenvalue weighted by molar-refractivity contribution is 6.31. The van der Waals surface area contributed by atoms with Crippen molar-refractivity contribution in [2.75, 3.05) is 7.11 Å². The van der Waals surface area contributed by atoms with Crippen LogP contribution >= 0.6 is 11.6 Å². The van der Waals surface area contributed by atoms with Crippen molar-refractivity contribution in [3.05, 3.63) is 27.8 Å². The highest BCUT2D eigenvalue weighted by Gasteiger charge is 2.18. The topological polar surface area (TPSA) is 49.7 Å². The quantitative estimate of drug-likeness (QED) is 0.811. The molecule has 0 heterocycles. The highest BCUT2D eigenvalue weighted by Crippen LogP contribution is 2.33. The van der Waals surface area contributed by atoms with E-state index in [4.69, 9.17) is 16.3 Å². The Labute approximate surface area is 126 Å². The second-order valence-electron chi connectivity index (χ2n) is 5.27. The average molecular weight is 301 g/mol. The van der Waals surface area contributed by atoms with Crippen LogP contribution in [-0.2, 0) is 6.42 Å². The Hall–Kier alpha value is -0.770. The van der Waals surface area contributed by atoms with Crippen LogP contribution in [0.3, 0.4) is 0 Å². The normalized spacial score (nSPS) is 14.2. The van der Waals surface area contributed by atoms with Gasteiger partial charge in [0.25, 0.3) is 0 Å². The second-order valence-corrected chi connectivity index (χ2v) is 5.68. The predicted octanol–water partition coefficient (Wildman–Crippen LogP) is 3.42. The van der Waals surface area contributed by atoms with E-state index in [2.05, 4.69) is 0 Å². The van der Waals surface area contributed by atoms with Gasteiger partial charge in [0.1, 0.15) is 5.75 Å². The van der Waals surface area contributed by atoms with Crippen LogP contribution in [0.5, 0.6) is 5.75 Å². The van der Waals surface area contributed by atoms with Gasteiger partial charge in [-0.05, 0) is 55.9 Å². The lowest BCUT2D eigenvalue weighted by Crippen LogP contribution is -2.26. The summed E-state index contributed by atoms with van der Waals surface area (Å²) in [6.07, 6.45) is 1.24. The summed E-state index contributed by atoms with van der Waals surface area (Å²) in [6.45, 7) is 5.90. The largest absolute Gasteiger partial charge is 0.496 e. The molecule has 1 aromatic rings. The zero-order valence-corrected chi connectivity index (χ0v) is 13.5. The first-order chi connectivity index (χ1) is 9.42. The molecule has 3 nitrogen and oxygen atoms in total. The van der Waals surface area contributed by atoms with Gasteiger partial charge in [-0.15, -0.1) is 0 Å². The first-order valence-electron chi connectivity index (χ1n) is 7.11. The smallest absolute Gasteiger partial charge is 0.125 e. The Morgan fingerprint density at radius 2 is 1.80 bits per heavy atom. The molecule has 0 aromatic heterocycles. The Kier molecular flexibility index (Phi) is 6.80. The minimum Gasteiger partial charge on any atom is -0.496 e. The summed E-state index contributed by atoms with van der Waals surface area (Å²) < 4.78 is 5.45. The Morgan fingerprint density at radius 1 is 1.20 bits per heavy atom. The maximum atomic E-state index is 9.98. The van der Waals surface area contributed by atoms with E-state index in [1.165, 1.54) is 0 Å². The molecule has 0 aliphatic heterocycles. The summed E-state index contributed by atoms with van der Waals surface area (Å²) in [5.41, 5.74) is 2.98. The zero-order chi connectivity index (χ0) is 15.3. The van der Waals surface area contributed by atoms with Crippen molar-refractivity contribution < 1.29 is 14.9 Å². The van der Waals surface area contributed by atoms with Crippen LogP contribution in [0.2, 0.25) is 5.02 Å². The molecule has 1 aromatic carbocycles. The molecule has 2 unspecified atom stereocenters. The number of rotatable bonds is 7. The maximum Gasteiger partial charge on any atom is 0.125 e. The third-order valence-corrected chi connectivity index (χ3v) is 4.10. The van der Waals surface area contributed by atoms with Crippen LogP contribution in [0.1, 0.15) is 42.9 Å². The van der Waals surface area contributed by atoms with E-state index in [0.717, 1.165) is 28.9 Å². The van der Waals surface area contributed by atoms with Crippen molar-refractivity contribution in [3.8, 4) is 5.75 Å². The molecule has 0 aliphatic rings. The third-order valence-electron chi connectivity index (χ3n) is 3.71. The van der Waals surface area contributed by atoms with E-state index in [0.29, 0.717) is 24.3 Å². The van der Waals surface area contributed by atoms with Crippen molar-refractivity contribution in [1.82, 2.24) is 0 Å². The number of hydrogen-bond acceptors (Lipinski definition) is 3. The second kappa shape index (κ2) is 7.87. The van der Waals surface area contributed by atoms with Gasteiger partial charge < -0.3 is 14.9 Å². The van der Waals surface area contributed by atoms with Crippen molar-refractivity contribution in [1.29, 1.82) is 0 Å². The summed E-state index contributed by atoms with van der Waals surface area (Å²) in [7, 11) is 1.64. The molecule has 2 N–H and O–H groups in total. The van der Waals surface area contributed by atoms with E-state index in [9.17, 15) is 10.2 Å². The zero-order valence-electron chi connectivity index (χ0n) is 12.7. The standard InChI is InChI=1S/C16H25ClO3/c1-5-6-14(18)15(19)8-7-12-11(3)13(17)9-10(2)16(12)20-4/h9,14-15,18-19H,5-8H2,1-4H3. The molecule has 0 aliphatic carbocycles. The number of aliphatic hydroxyl groups excluding tert-OH is 2. The molecule has 2 atom stereocenters. The van der Waals surface area contributed by atoms with Crippen molar-refractivity contribution >= 4 is 11.6 Å². The molecule has 0 radical (unpaired) electrons. The maximum absolute atomic E-state index is 9.98. The molecular formula is C16H25ClO3. The van der Waals surface area contributed by atoms with E-state index in [1.54, 1.807) is 7.11 Å². The predicted molar refractivity (Wildman–Crippen MR) is 82.7 cm³/mol. The highest BCUT2D eigenvalue weighted by atomic mass is 35.5. The van der Waals surface area contributed by atoms with Gasteiger partial charge in [-0.1, -0.05) is 24.9 Å². The first kappa shape index (κ1) is 17.3. The van der Waals surface area contributed by atoms with E-state index < -0.39 is 12.2 Å². The number of aliphatic hydroxyl groups is 2. The minimum atomic E-state index is -0.710. The summed E-state index contributed by atoms with van der Waals surface area (Å²) in [6, 6.07) is 1.89. The molecule has 1 rings (SSSR count). The number of methoxy groups -OCH3 is 1. The van der Waals surface area contributed by atoms with Crippen LogP contribution in [0, 0.1) is 13.8 Å². The first-order valence-corrected chi connectivity index (χ1v) is 7.48. The molecule has 114 valence electrons. The molecule has 0 fully saturated rings. The lowest BCUT2D eigenvalue weighted by atomic mass is 9.96. The Bertz CT molecular complexity index is 446. The third kappa shape index (κ3) is 4.11. The van der Waals surface area contributed by atoms with Crippen LogP contribution in [-0.4, -0.2) is 29.5 Å². The summed E-state index contributed by atoms with van der Waals surface area (Å²) in [5, 5.41) is 20.5. The SMILES string of the molecule is CCCC(O)C(O)CCc1c(C)c(Cl)cc(C)c1OC. The molecule has 0 saturated carbocycles. The lowest BCUT2D eigenvalue weighted by Gasteiger charge is -2.20. The van der Waals surface area contributed by atoms with Gasteiger partial charge in [0.15, 0.2) is 0 Å². The number of ether oxygens (including phenoxy) is 1. The molecule has 0 spiro atoms. The fourth-order valence-corrected chi connectivity index (χ4v) is 2.75. The van der Waals surface area contributed by atoms with Crippen LogP contribution in [0.25, 0.3) is 0 Å². The van der Waals surface area contributed by atoms with E-state index >= 15 is 0 Å². The number of hydrogen-bond donors (Lipinski definition) is 2. The van der Waals surface area contributed by atoms with Gasteiger partial charge in [0.05, 0.1) is 19.3 Å². The van der Waals surface area contributed by atoms with Gasteiger partial charge in [-0.2, -0.15) is 0 Å². The minimum absolute atomic E-state index is 0.498. The molecular weight excluding hydrogens is 276 g/mol. The van der Waals surface area contributed by atoms with Gasteiger partial charge in [-0.3, -0.25) is 0 Å². The number of halogens is 1. The van der Waals surface area contributed by atoms with Gasteiger partial charge >= 0.3 is 0 Å². The number of aryl methyl sites for hydroxylation is 1. The fourth-order valence-electron chi connectivity index (χ4n) is 2.47. The van der Waals surface area contributed by atoms with Crippen LogP contribution in [0.15, 0.2) is 6.07 Å². The summed E-state index contributed by atoms with van der Waals surface area (Å²) >= 11 is 6.21. The van der Waals surface area contributed by atoms with Gasteiger partial charge in [0, 0.05) is 5.02 Å². The summed E-state index contributed by atoms with van der Waals surface area (Å²) in [4.78, 5) is 0. The molecule has 4 heteroatoms. The molecule has 0 amide bonds. The van der Waals surface area contributed by atoms with Gasteiger partial charge in [-0.25, -0.2) is 0 Å².